The second-order valence-electron chi connectivity index (χ2n) is 5.98. The number of nitrogens with one attached hydrogen (secondary N) is 1. The first kappa shape index (κ1) is 14.8. The van der Waals surface area contributed by atoms with Gasteiger partial charge in [-0.25, -0.2) is 4.98 Å². The van der Waals surface area contributed by atoms with Crippen LogP contribution in [-0.2, 0) is 13.0 Å². The van der Waals surface area contributed by atoms with Gasteiger partial charge in [-0.3, -0.25) is 4.79 Å². The van der Waals surface area contributed by atoms with E-state index < -0.39 is 0 Å². The van der Waals surface area contributed by atoms with Crippen molar-refractivity contribution in [1.82, 2.24) is 14.9 Å². The Morgan fingerprint density at radius 2 is 2.36 bits per heavy atom. The second kappa shape index (κ2) is 6.32. The topological polar surface area (TPSA) is 75.0 Å². The molecule has 2 aromatic rings. The molecule has 0 aliphatic heterocycles. The number of amides is 1. The Bertz CT molecular complexity index is 651. The van der Waals surface area contributed by atoms with E-state index in [2.05, 4.69) is 16.0 Å². The Hall–Kier alpha value is -2.14. The zero-order valence-electron chi connectivity index (χ0n) is 12.9. The van der Waals surface area contributed by atoms with Gasteiger partial charge in [-0.1, -0.05) is 6.07 Å². The van der Waals surface area contributed by atoms with Gasteiger partial charge >= 0.3 is 0 Å². The number of hydrogen-bond acceptors (Lipinski definition) is 3. The van der Waals surface area contributed by atoms with Crippen molar-refractivity contribution in [1.29, 1.82) is 0 Å². The summed E-state index contributed by atoms with van der Waals surface area (Å²) in [6.07, 6.45) is 6.75. The summed E-state index contributed by atoms with van der Waals surface area (Å²) in [4.78, 5) is 21.3. The highest BCUT2D eigenvalue weighted by Gasteiger charge is 2.21. The minimum atomic E-state index is 0.0266. The fraction of sp³-hybridized carbons (Fsp3) is 0.412. The maximum absolute atomic E-state index is 12.6. The molecule has 0 spiro atoms. The first-order valence-corrected chi connectivity index (χ1v) is 7.74. The van der Waals surface area contributed by atoms with Crippen LogP contribution in [0.2, 0.25) is 0 Å². The first-order valence-electron chi connectivity index (χ1n) is 7.74. The lowest BCUT2D eigenvalue weighted by Gasteiger charge is -2.25. The van der Waals surface area contributed by atoms with E-state index in [1.807, 2.05) is 19.2 Å². The Kier molecular flexibility index (Phi) is 4.24. The molecule has 116 valence electrons. The molecule has 0 radical (unpaired) electrons. The monoisotopic (exact) mass is 298 g/mol. The number of aryl methyl sites for hydroxylation is 1. The number of nitrogens with zero attached hydrogens (tertiary/aromatic N) is 2. The molecule has 1 atom stereocenters. The Morgan fingerprint density at radius 1 is 1.50 bits per heavy atom. The van der Waals surface area contributed by atoms with Crippen LogP contribution in [0.5, 0.6) is 0 Å². The number of fused-ring (bicyclic) bond motifs is 1. The highest BCUT2D eigenvalue weighted by molar-refractivity contribution is 5.94. The van der Waals surface area contributed by atoms with E-state index in [-0.39, 0.29) is 5.91 Å². The molecular formula is C17H22N4O. The molecule has 22 heavy (non-hydrogen) atoms. The summed E-state index contributed by atoms with van der Waals surface area (Å²) in [5.41, 5.74) is 10.2. The zero-order valence-corrected chi connectivity index (χ0v) is 12.9. The normalized spacial score (nSPS) is 17.1. The fourth-order valence-corrected chi connectivity index (χ4v) is 3.19. The van der Waals surface area contributed by atoms with Gasteiger partial charge in [-0.05, 0) is 55.0 Å². The van der Waals surface area contributed by atoms with Gasteiger partial charge in [-0.2, -0.15) is 0 Å². The first-order chi connectivity index (χ1) is 10.7. The Balaban J connectivity index is 1.80. The Morgan fingerprint density at radius 3 is 3.09 bits per heavy atom. The highest BCUT2D eigenvalue weighted by Crippen LogP contribution is 2.31. The van der Waals surface area contributed by atoms with Gasteiger partial charge in [-0.15, -0.1) is 0 Å². The van der Waals surface area contributed by atoms with Crippen molar-refractivity contribution >= 4 is 5.91 Å². The minimum Gasteiger partial charge on any atom is -0.347 e. The molecule has 1 aromatic heterocycles. The van der Waals surface area contributed by atoms with E-state index in [9.17, 15) is 4.79 Å². The summed E-state index contributed by atoms with van der Waals surface area (Å²) >= 11 is 0. The molecule has 0 saturated heterocycles. The van der Waals surface area contributed by atoms with Gasteiger partial charge in [0.25, 0.3) is 5.91 Å². The average Bonchev–Trinajstić information content (AvgIpc) is 3.05. The lowest BCUT2D eigenvalue weighted by molar-refractivity contribution is 0.0783. The summed E-state index contributed by atoms with van der Waals surface area (Å²) in [6.45, 7) is 1.17. The molecule has 0 saturated carbocycles. The summed E-state index contributed by atoms with van der Waals surface area (Å²) in [7, 11) is 1.81. The molecule has 0 bridgehead atoms. The van der Waals surface area contributed by atoms with E-state index in [0.29, 0.717) is 19.0 Å². The predicted molar refractivity (Wildman–Crippen MR) is 85.6 cm³/mol. The smallest absolute Gasteiger partial charge is 0.253 e. The van der Waals surface area contributed by atoms with Crippen molar-refractivity contribution in [3.05, 3.63) is 53.1 Å². The van der Waals surface area contributed by atoms with E-state index in [4.69, 9.17) is 5.73 Å². The zero-order chi connectivity index (χ0) is 15.5. The number of aromatic amines is 1. The van der Waals surface area contributed by atoms with Gasteiger partial charge in [0.1, 0.15) is 0 Å². The number of rotatable bonds is 4. The summed E-state index contributed by atoms with van der Waals surface area (Å²) in [5.74, 6) is 0.410. The molecule has 1 unspecified atom stereocenters. The van der Waals surface area contributed by atoms with Crippen LogP contribution >= 0.6 is 0 Å². The van der Waals surface area contributed by atoms with Gasteiger partial charge in [0, 0.05) is 18.8 Å². The van der Waals surface area contributed by atoms with E-state index >= 15 is 0 Å². The number of carbonyl (C=O) groups is 1. The van der Waals surface area contributed by atoms with Gasteiger partial charge in [0.15, 0.2) is 0 Å². The van der Waals surface area contributed by atoms with Crippen LogP contribution in [0.25, 0.3) is 0 Å². The second-order valence-corrected chi connectivity index (χ2v) is 5.98. The number of nitrogens with two attached hydrogens (primary N) is 1. The third-order valence-electron chi connectivity index (χ3n) is 4.42. The number of imidazole rings is 1. The van der Waals surface area contributed by atoms with Crippen LogP contribution in [0.3, 0.4) is 0 Å². The predicted octanol–water partition coefficient (Wildman–Crippen LogP) is 2.06. The SMILES string of the molecule is CN(Cc1cnc[nH]1)C(=O)c1ccc2c(c1)C(CN)CCC2. The van der Waals surface area contributed by atoms with Crippen molar-refractivity contribution in [3.8, 4) is 0 Å². The third kappa shape index (κ3) is 2.90. The summed E-state index contributed by atoms with van der Waals surface area (Å²) in [6, 6.07) is 6.07. The molecule has 1 amide bonds. The van der Waals surface area contributed by atoms with Crippen LogP contribution in [0, 0.1) is 0 Å². The summed E-state index contributed by atoms with van der Waals surface area (Å²) < 4.78 is 0. The molecule has 5 heteroatoms. The number of carbonyl (C=O) groups excluding carboxylic acids is 1. The molecule has 1 heterocycles. The van der Waals surface area contributed by atoms with Crippen LogP contribution in [0.4, 0.5) is 0 Å². The van der Waals surface area contributed by atoms with Crippen LogP contribution in [0.15, 0.2) is 30.7 Å². The molecule has 1 aliphatic rings. The fourth-order valence-electron chi connectivity index (χ4n) is 3.19. The van der Waals surface area contributed by atoms with Gasteiger partial charge in [0.05, 0.1) is 18.6 Å². The molecule has 5 nitrogen and oxygen atoms in total. The molecular weight excluding hydrogens is 276 g/mol. The summed E-state index contributed by atoms with van der Waals surface area (Å²) in [5, 5.41) is 0. The van der Waals surface area contributed by atoms with Crippen molar-refractivity contribution in [3.63, 3.8) is 0 Å². The lowest BCUT2D eigenvalue weighted by atomic mass is 9.82. The molecule has 1 aromatic carbocycles. The molecule has 1 aliphatic carbocycles. The standard InChI is InChI=1S/C17H22N4O/c1-21(10-15-9-19-11-20-15)17(22)13-6-5-12-3-2-4-14(8-18)16(12)7-13/h5-7,9,11,14H,2-4,8,10,18H2,1H3,(H,19,20). The van der Waals surface area contributed by atoms with E-state index in [1.165, 1.54) is 17.5 Å². The quantitative estimate of drug-likeness (QED) is 0.907. The van der Waals surface area contributed by atoms with Crippen LogP contribution in [-0.4, -0.2) is 34.4 Å². The maximum atomic E-state index is 12.6. The minimum absolute atomic E-state index is 0.0266. The van der Waals surface area contributed by atoms with Crippen molar-refractivity contribution in [2.75, 3.05) is 13.6 Å². The van der Waals surface area contributed by atoms with Crippen LogP contribution in [0.1, 0.15) is 45.9 Å². The largest absolute Gasteiger partial charge is 0.347 e. The number of hydrogen-bond donors (Lipinski definition) is 2. The number of H-pyrrole nitrogens is 1. The lowest BCUT2D eigenvalue weighted by Crippen LogP contribution is -2.27. The average molecular weight is 298 g/mol. The maximum Gasteiger partial charge on any atom is 0.253 e. The van der Waals surface area contributed by atoms with E-state index in [0.717, 1.165) is 24.1 Å². The van der Waals surface area contributed by atoms with Crippen LogP contribution < -0.4 is 5.73 Å². The third-order valence-corrected chi connectivity index (χ3v) is 4.42. The molecule has 3 N–H and O–H groups in total. The number of aromatic nitrogens is 2. The van der Waals surface area contributed by atoms with Gasteiger partial charge < -0.3 is 15.6 Å². The Labute approximate surface area is 130 Å². The van der Waals surface area contributed by atoms with Crippen molar-refractivity contribution in [2.24, 2.45) is 5.73 Å². The molecule has 3 rings (SSSR count). The highest BCUT2D eigenvalue weighted by atomic mass is 16.2. The van der Waals surface area contributed by atoms with E-state index in [1.54, 1.807) is 17.4 Å². The number of benzene rings is 1. The van der Waals surface area contributed by atoms with Crippen molar-refractivity contribution in [2.45, 2.75) is 31.7 Å². The van der Waals surface area contributed by atoms with Crippen molar-refractivity contribution < 1.29 is 4.79 Å². The van der Waals surface area contributed by atoms with Gasteiger partial charge in [0.2, 0.25) is 0 Å². The molecule has 0 fully saturated rings.